The van der Waals surface area contributed by atoms with Gasteiger partial charge in [0.1, 0.15) is 0 Å². The highest BCUT2D eigenvalue weighted by molar-refractivity contribution is 6.28. The van der Waals surface area contributed by atoms with Crippen molar-refractivity contribution in [1.29, 1.82) is 0 Å². The van der Waals surface area contributed by atoms with Gasteiger partial charge in [-0.2, -0.15) is 15.0 Å². The zero-order chi connectivity index (χ0) is 14.4. The van der Waals surface area contributed by atoms with Crippen molar-refractivity contribution in [1.82, 2.24) is 15.0 Å². The van der Waals surface area contributed by atoms with Crippen molar-refractivity contribution in [3.8, 4) is 0 Å². The van der Waals surface area contributed by atoms with Crippen molar-refractivity contribution in [2.75, 3.05) is 29.9 Å². The Balaban J connectivity index is 2.22. The Bertz CT molecular complexity index is 431. The Morgan fingerprint density at radius 3 is 2.90 bits per heavy atom. The molecule has 2 rings (SSSR count). The molecule has 0 aromatic carbocycles. The number of anilines is 2. The van der Waals surface area contributed by atoms with Crippen LogP contribution in [0.5, 0.6) is 0 Å². The molecule has 6 nitrogen and oxygen atoms in total. The van der Waals surface area contributed by atoms with Crippen molar-refractivity contribution < 1.29 is 5.11 Å². The Hall–Kier alpha value is -1.14. The van der Waals surface area contributed by atoms with E-state index in [2.05, 4.69) is 32.1 Å². The van der Waals surface area contributed by atoms with Crippen LogP contribution in [0, 0.1) is 0 Å². The average molecular weight is 300 g/mol. The zero-order valence-electron chi connectivity index (χ0n) is 11.8. The monoisotopic (exact) mass is 299 g/mol. The van der Waals surface area contributed by atoms with Gasteiger partial charge in [-0.05, 0) is 30.9 Å². The first kappa shape index (κ1) is 15.3. The van der Waals surface area contributed by atoms with Crippen LogP contribution in [0.4, 0.5) is 11.9 Å². The maximum Gasteiger partial charge on any atom is 0.231 e. The molecule has 1 aromatic rings. The molecule has 1 atom stereocenters. The van der Waals surface area contributed by atoms with E-state index in [1.54, 1.807) is 0 Å². The fourth-order valence-electron chi connectivity index (χ4n) is 2.41. The van der Waals surface area contributed by atoms with Gasteiger partial charge in [0, 0.05) is 13.1 Å². The van der Waals surface area contributed by atoms with Crippen molar-refractivity contribution in [3.63, 3.8) is 0 Å². The minimum atomic E-state index is 0.0648. The summed E-state index contributed by atoms with van der Waals surface area (Å²) in [6, 6.07) is 0.0648. The summed E-state index contributed by atoms with van der Waals surface area (Å²) in [6.07, 6.45) is 5.32. The van der Waals surface area contributed by atoms with Gasteiger partial charge in [-0.15, -0.1) is 0 Å². The lowest BCUT2D eigenvalue weighted by atomic mass is 10.1. The zero-order valence-corrected chi connectivity index (χ0v) is 12.6. The van der Waals surface area contributed by atoms with E-state index in [0.29, 0.717) is 11.9 Å². The second-order valence-corrected chi connectivity index (χ2v) is 5.37. The van der Waals surface area contributed by atoms with Crippen LogP contribution in [0.25, 0.3) is 0 Å². The summed E-state index contributed by atoms with van der Waals surface area (Å²) in [5, 5.41) is 12.9. The number of aromatic nitrogens is 3. The predicted octanol–water partition coefficient (Wildman–Crippen LogP) is 2.09. The number of aliphatic hydroxyl groups is 1. The van der Waals surface area contributed by atoms with Gasteiger partial charge in [0.05, 0.1) is 12.6 Å². The van der Waals surface area contributed by atoms with E-state index in [-0.39, 0.29) is 17.9 Å². The topological polar surface area (TPSA) is 74.2 Å². The van der Waals surface area contributed by atoms with E-state index in [1.165, 1.54) is 6.42 Å². The molecule has 2 N–H and O–H groups in total. The van der Waals surface area contributed by atoms with Crippen molar-refractivity contribution >= 4 is 23.5 Å². The first-order valence-electron chi connectivity index (χ1n) is 7.27. The van der Waals surface area contributed by atoms with Crippen LogP contribution in [0.2, 0.25) is 5.28 Å². The van der Waals surface area contributed by atoms with E-state index in [1.807, 2.05) is 0 Å². The number of hydrogen-bond acceptors (Lipinski definition) is 6. The van der Waals surface area contributed by atoms with Crippen LogP contribution in [-0.2, 0) is 0 Å². The molecule has 20 heavy (non-hydrogen) atoms. The van der Waals surface area contributed by atoms with Gasteiger partial charge in [0.2, 0.25) is 17.2 Å². The lowest BCUT2D eigenvalue weighted by Crippen LogP contribution is -2.39. The molecule has 7 heteroatoms. The third-order valence-corrected chi connectivity index (χ3v) is 3.64. The maximum atomic E-state index is 9.57. The molecule has 1 saturated heterocycles. The van der Waals surface area contributed by atoms with E-state index in [4.69, 9.17) is 11.6 Å². The van der Waals surface area contributed by atoms with Gasteiger partial charge >= 0.3 is 0 Å². The molecular weight excluding hydrogens is 278 g/mol. The molecule has 1 aliphatic heterocycles. The van der Waals surface area contributed by atoms with Gasteiger partial charge in [-0.3, -0.25) is 0 Å². The lowest BCUT2D eigenvalue weighted by molar-refractivity contribution is 0.254. The molecule has 112 valence electrons. The number of halogens is 1. The van der Waals surface area contributed by atoms with Crippen LogP contribution in [0.1, 0.15) is 39.0 Å². The summed E-state index contributed by atoms with van der Waals surface area (Å²) in [7, 11) is 0. The minimum Gasteiger partial charge on any atom is -0.394 e. The SMILES string of the molecule is CCCNc1nc(Cl)nc(N2CCCCCC2CO)n1. The minimum absolute atomic E-state index is 0.0648. The highest BCUT2D eigenvalue weighted by Crippen LogP contribution is 2.22. The van der Waals surface area contributed by atoms with Gasteiger partial charge < -0.3 is 15.3 Å². The van der Waals surface area contributed by atoms with Gasteiger partial charge in [-0.25, -0.2) is 0 Å². The Kier molecular flexibility index (Phi) is 5.79. The third kappa shape index (κ3) is 3.93. The molecule has 1 aliphatic rings. The molecule has 2 heterocycles. The average Bonchev–Trinajstić information content (AvgIpc) is 2.69. The van der Waals surface area contributed by atoms with Crippen LogP contribution in [0.3, 0.4) is 0 Å². The predicted molar refractivity (Wildman–Crippen MR) is 80.3 cm³/mol. The number of nitrogens with zero attached hydrogens (tertiary/aromatic N) is 4. The van der Waals surface area contributed by atoms with Crippen molar-refractivity contribution in [2.24, 2.45) is 0 Å². The largest absolute Gasteiger partial charge is 0.394 e. The summed E-state index contributed by atoms with van der Waals surface area (Å²) in [4.78, 5) is 14.8. The van der Waals surface area contributed by atoms with Crippen LogP contribution >= 0.6 is 11.6 Å². The Morgan fingerprint density at radius 2 is 2.15 bits per heavy atom. The molecule has 0 aliphatic carbocycles. The molecule has 1 fully saturated rings. The van der Waals surface area contributed by atoms with E-state index in [0.717, 1.165) is 38.8 Å². The molecular formula is C13H22ClN5O. The Labute approximate surface area is 124 Å². The fraction of sp³-hybridized carbons (Fsp3) is 0.769. The second kappa shape index (κ2) is 7.59. The maximum absolute atomic E-state index is 9.57. The summed E-state index contributed by atoms with van der Waals surface area (Å²) in [6.45, 7) is 3.83. The number of rotatable bonds is 5. The highest BCUT2D eigenvalue weighted by Gasteiger charge is 2.23. The molecule has 0 amide bonds. The second-order valence-electron chi connectivity index (χ2n) is 5.03. The molecule has 0 saturated carbocycles. The standard InChI is InChI=1S/C13H22ClN5O/c1-2-7-15-12-16-11(14)17-13(18-12)19-8-5-3-4-6-10(19)9-20/h10,20H,2-9H2,1H3,(H,15,16,17,18). The highest BCUT2D eigenvalue weighted by atomic mass is 35.5. The summed E-state index contributed by atoms with van der Waals surface area (Å²) < 4.78 is 0. The van der Waals surface area contributed by atoms with Crippen molar-refractivity contribution in [3.05, 3.63) is 5.28 Å². The van der Waals surface area contributed by atoms with Crippen molar-refractivity contribution in [2.45, 2.75) is 45.1 Å². The molecule has 0 radical (unpaired) electrons. The Morgan fingerprint density at radius 1 is 1.30 bits per heavy atom. The van der Waals surface area contributed by atoms with Crippen LogP contribution in [-0.4, -0.2) is 45.8 Å². The van der Waals surface area contributed by atoms with Crippen LogP contribution in [0.15, 0.2) is 0 Å². The number of nitrogens with one attached hydrogen (secondary N) is 1. The summed E-state index contributed by atoms with van der Waals surface area (Å²) in [5.41, 5.74) is 0. The fourth-order valence-corrected chi connectivity index (χ4v) is 2.57. The van der Waals surface area contributed by atoms with Gasteiger partial charge in [-0.1, -0.05) is 19.8 Å². The summed E-state index contributed by atoms with van der Waals surface area (Å²) >= 11 is 5.99. The molecule has 1 unspecified atom stereocenters. The van der Waals surface area contributed by atoms with E-state index < -0.39 is 0 Å². The number of hydrogen-bond donors (Lipinski definition) is 2. The molecule has 0 spiro atoms. The lowest BCUT2D eigenvalue weighted by Gasteiger charge is -2.28. The smallest absolute Gasteiger partial charge is 0.231 e. The molecule has 0 bridgehead atoms. The first-order chi connectivity index (χ1) is 9.74. The molecule has 1 aromatic heterocycles. The quantitative estimate of drug-likeness (QED) is 0.867. The van der Waals surface area contributed by atoms with Gasteiger partial charge in [0.15, 0.2) is 0 Å². The van der Waals surface area contributed by atoms with Gasteiger partial charge in [0.25, 0.3) is 0 Å². The van der Waals surface area contributed by atoms with E-state index >= 15 is 0 Å². The number of aliphatic hydroxyl groups excluding tert-OH is 1. The van der Waals surface area contributed by atoms with E-state index in [9.17, 15) is 5.11 Å². The summed E-state index contributed by atoms with van der Waals surface area (Å²) in [5.74, 6) is 1.06. The normalized spacial score (nSPS) is 19.8. The van der Waals surface area contributed by atoms with Crippen LogP contribution < -0.4 is 10.2 Å². The third-order valence-electron chi connectivity index (χ3n) is 3.47. The first-order valence-corrected chi connectivity index (χ1v) is 7.65.